The maximum Gasteiger partial charge on any atom is 0.358 e. The molecule has 0 radical (unpaired) electrons. The third kappa shape index (κ3) is 2.53. The van der Waals surface area contributed by atoms with Gasteiger partial charge in [-0.15, -0.1) is 0 Å². The Hall–Kier alpha value is -1.82. The molecule has 94 valence electrons. The number of nitrogen functional groups attached to an aromatic ring is 1. The van der Waals surface area contributed by atoms with E-state index in [-0.39, 0.29) is 11.5 Å². The molecular formula is C12H12BrN3O2. The van der Waals surface area contributed by atoms with Crippen molar-refractivity contribution in [2.45, 2.75) is 6.92 Å². The largest absolute Gasteiger partial charge is 0.461 e. The molecule has 0 spiro atoms. The van der Waals surface area contributed by atoms with E-state index in [0.29, 0.717) is 12.4 Å². The van der Waals surface area contributed by atoms with Gasteiger partial charge in [0.15, 0.2) is 11.5 Å². The molecule has 1 heterocycles. The fourth-order valence-corrected chi connectivity index (χ4v) is 1.92. The van der Waals surface area contributed by atoms with Crippen LogP contribution in [0.1, 0.15) is 17.4 Å². The number of hydrogen-bond donors (Lipinski definition) is 2. The molecule has 2 aromatic rings. The predicted molar refractivity (Wildman–Crippen MR) is 72.1 cm³/mol. The minimum atomic E-state index is -0.497. The van der Waals surface area contributed by atoms with E-state index in [9.17, 15) is 4.79 Å². The number of hydrogen-bond acceptors (Lipinski definition) is 4. The maximum atomic E-state index is 11.6. The minimum Gasteiger partial charge on any atom is -0.461 e. The number of rotatable bonds is 3. The smallest absolute Gasteiger partial charge is 0.358 e. The average molecular weight is 310 g/mol. The molecule has 1 aromatic heterocycles. The van der Waals surface area contributed by atoms with Crippen LogP contribution in [0.25, 0.3) is 11.4 Å². The second kappa shape index (κ2) is 5.22. The highest BCUT2D eigenvalue weighted by Crippen LogP contribution is 2.23. The highest BCUT2D eigenvalue weighted by atomic mass is 79.9. The molecule has 1 aromatic carbocycles. The summed E-state index contributed by atoms with van der Waals surface area (Å²) in [5, 5.41) is 0. The summed E-state index contributed by atoms with van der Waals surface area (Å²) in [5.41, 5.74) is 6.72. The summed E-state index contributed by atoms with van der Waals surface area (Å²) in [4.78, 5) is 18.6. The van der Waals surface area contributed by atoms with Gasteiger partial charge in [-0.3, -0.25) is 0 Å². The van der Waals surface area contributed by atoms with Crippen molar-refractivity contribution in [1.82, 2.24) is 9.97 Å². The van der Waals surface area contributed by atoms with Crippen molar-refractivity contribution in [3.05, 3.63) is 34.4 Å². The zero-order valence-corrected chi connectivity index (χ0v) is 11.3. The number of carbonyl (C=O) groups excluding carboxylic acids is 1. The first kappa shape index (κ1) is 12.6. The van der Waals surface area contributed by atoms with Gasteiger partial charge in [-0.25, -0.2) is 9.78 Å². The second-order valence-electron chi connectivity index (χ2n) is 3.58. The lowest BCUT2D eigenvalue weighted by Crippen LogP contribution is -2.07. The molecule has 3 N–H and O–H groups in total. The van der Waals surface area contributed by atoms with Crippen molar-refractivity contribution in [3.63, 3.8) is 0 Å². The first-order valence-electron chi connectivity index (χ1n) is 5.40. The van der Waals surface area contributed by atoms with Gasteiger partial charge in [0.1, 0.15) is 5.82 Å². The molecule has 0 unspecified atom stereocenters. The van der Waals surface area contributed by atoms with E-state index in [0.717, 1.165) is 10.0 Å². The Balaban J connectivity index is 2.37. The van der Waals surface area contributed by atoms with E-state index in [2.05, 4.69) is 25.9 Å². The lowest BCUT2D eigenvalue weighted by Gasteiger charge is -1.99. The third-order valence-electron chi connectivity index (χ3n) is 2.31. The summed E-state index contributed by atoms with van der Waals surface area (Å²) in [6, 6.07) is 7.54. The first-order valence-corrected chi connectivity index (χ1v) is 6.19. The van der Waals surface area contributed by atoms with E-state index in [1.54, 1.807) is 6.92 Å². The van der Waals surface area contributed by atoms with Crippen LogP contribution in [0.4, 0.5) is 5.82 Å². The zero-order chi connectivity index (χ0) is 13.1. The molecule has 6 heteroatoms. The number of nitrogens with zero attached hydrogens (tertiary/aromatic N) is 1. The van der Waals surface area contributed by atoms with Crippen molar-refractivity contribution in [2.24, 2.45) is 0 Å². The molecule has 0 saturated carbocycles. The number of benzene rings is 1. The highest BCUT2D eigenvalue weighted by molar-refractivity contribution is 9.10. The van der Waals surface area contributed by atoms with Gasteiger partial charge in [-0.1, -0.05) is 28.1 Å². The third-order valence-corrected chi connectivity index (χ3v) is 2.80. The summed E-state index contributed by atoms with van der Waals surface area (Å²) < 4.78 is 5.81. The SMILES string of the molecule is CCOC(=O)c1[nH]c(-c2cccc(Br)c2)nc1N. The number of anilines is 1. The monoisotopic (exact) mass is 309 g/mol. The van der Waals surface area contributed by atoms with Gasteiger partial charge in [-0.05, 0) is 19.1 Å². The number of carbonyl (C=O) groups is 1. The molecule has 0 bridgehead atoms. The average Bonchev–Trinajstić information content (AvgIpc) is 2.72. The van der Waals surface area contributed by atoms with Gasteiger partial charge in [-0.2, -0.15) is 0 Å². The Morgan fingerprint density at radius 3 is 3.00 bits per heavy atom. The van der Waals surface area contributed by atoms with Crippen molar-refractivity contribution in [3.8, 4) is 11.4 Å². The Bertz CT molecular complexity index is 580. The van der Waals surface area contributed by atoms with Crippen LogP contribution in [-0.4, -0.2) is 22.5 Å². The minimum absolute atomic E-state index is 0.142. The standard InChI is InChI=1S/C12H12BrN3O2/c1-2-18-12(17)9-10(14)16-11(15-9)7-4-3-5-8(13)6-7/h3-6H,2,14H2,1H3,(H,15,16). The Kier molecular flexibility index (Phi) is 3.66. The van der Waals surface area contributed by atoms with Crippen LogP contribution in [0.2, 0.25) is 0 Å². The number of ether oxygens (including phenoxy) is 1. The lowest BCUT2D eigenvalue weighted by atomic mass is 10.2. The first-order chi connectivity index (χ1) is 8.61. The number of aromatic amines is 1. The van der Waals surface area contributed by atoms with Gasteiger partial charge in [0.2, 0.25) is 0 Å². The highest BCUT2D eigenvalue weighted by Gasteiger charge is 2.16. The van der Waals surface area contributed by atoms with E-state index in [4.69, 9.17) is 10.5 Å². The summed E-state index contributed by atoms with van der Waals surface area (Å²) in [6.45, 7) is 2.03. The number of imidazole rings is 1. The van der Waals surface area contributed by atoms with Gasteiger partial charge in [0, 0.05) is 10.0 Å². The van der Waals surface area contributed by atoms with Crippen LogP contribution in [0.5, 0.6) is 0 Å². The second-order valence-corrected chi connectivity index (χ2v) is 4.49. The predicted octanol–water partition coefficient (Wildman–Crippen LogP) is 2.60. The van der Waals surface area contributed by atoms with Crippen molar-refractivity contribution >= 4 is 27.7 Å². The molecule has 18 heavy (non-hydrogen) atoms. The molecule has 5 nitrogen and oxygen atoms in total. The number of H-pyrrole nitrogens is 1. The summed E-state index contributed by atoms with van der Waals surface area (Å²) in [5.74, 6) is 0.184. The zero-order valence-electron chi connectivity index (χ0n) is 9.74. The molecule has 0 fully saturated rings. The number of nitrogens with two attached hydrogens (primary N) is 1. The lowest BCUT2D eigenvalue weighted by molar-refractivity contribution is 0.0521. The fourth-order valence-electron chi connectivity index (χ4n) is 1.52. The summed E-state index contributed by atoms with van der Waals surface area (Å²) in [6.07, 6.45) is 0. The molecule has 0 aliphatic carbocycles. The van der Waals surface area contributed by atoms with Crippen LogP contribution in [-0.2, 0) is 4.74 Å². The number of aromatic nitrogens is 2. The number of nitrogens with one attached hydrogen (secondary N) is 1. The Morgan fingerprint density at radius 1 is 1.56 bits per heavy atom. The Morgan fingerprint density at radius 2 is 2.33 bits per heavy atom. The maximum absolute atomic E-state index is 11.6. The van der Waals surface area contributed by atoms with E-state index in [1.165, 1.54) is 0 Å². The normalized spacial score (nSPS) is 10.3. The van der Waals surface area contributed by atoms with E-state index < -0.39 is 5.97 Å². The van der Waals surface area contributed by atoms with Gasteiger partial charge in [0.05, 0.1) is 6.61 Å². The fraction of sp³-hybridized carbons (Fsp3) is 0.167. The van der Waals surface area contributed by atoms with E-state index >= 15 is 0 Å². The van der Waals surface area contributed by atoms with Crippen LogP contribution in [0.15, 0.2) is 28.7 Å². The van der Waals surface area contributed by atoms with Crippen molar-refractivity contribution < 1.29 is 9.53 Å². The molecule has 0 saturated heterocycles. The van der Waals surface area contributed by atoms with E-state index in [1.807, 2.05) is 24.3 Å². The molecule has 0 amide bonds. The van der Waals surface area contributed by atoms with Crippen LogP contribution >= 0.6 is 15.9 Å². The topological polar surface area (TPSA) is 81.0 Å². The molecule has 0 aliphatic rings. The Labute approximate surface area is 112 Å². The quantitative estimate of drug-likeness (QED) is 0.854. The summed E-state index contributed by atoms with van der Waals surface area (Å²) in [7, 11) is 0. The van der Waals surface area contributed by atoms with Crippen LogP contribution in [0.3, 0.4) is 0 Å². The molecule has 0 atom stereocenters. The van der Waals surface area contributed by atoms with Crippen LogP contribution in [0, 0.1) is 0 Å². The van der Waals surface area contributed by atoms with Gasteiger partial charge in [0.25, 0.3) is 0 Å². The molecule has 2 rings (SSSR count). The molecular weight excluding hydrogens is 298 g/mol. The van der Waals surface area contributed by atoms with Crippen molar-refractivity contribution in [1.29, 1.82) is 0 Å². The molecule has 0 aliphatic heterocycles. The summed E-state index contributed by atoms with van der Waals surface area (Å²) >= 11 is 3.37. The van der Waals surface area contributed by atoms with Gasteiger partial charge >= 0.3 is 5.97 Å². The number of halogens is 1. The van der Waals surface area contributed by atoms with Crippen LogP contribution < -0.4 is 5.73 Å². The van der Waals surface area contributed by atoms with Crippen molar-refractivity contribution in [2.75, 3.05) is 12.3 Å². The number of esters is 1. The van der Waals surface area contributed by atoms with Gasteiger partial charge < -0.3 is 15.5 Å².